The van der Waals surface area contributed by atoms with Gasteiger partial charge in [-0.05, 0) is 39.8 Å². The summed E-state index contributed by atoms with van der Waals surface area (Å²) in [4.78, 5) is 15.2. The van der Waals surface area contributed by atoms with E-state index in [1.807, 2.05) is 33.8 Å². The number of H-pyrrole nitrogens is 1. The molecule has 0 saturated heterocycles. The van der Waals surface area contributed by atoms with Crippen molar-refractivity contribution in [3.63, 3.8) is 0 Å². The normalized spacial score (nSPS) is 13.4. The van der Waals surface area contributed by atoms with Crippen molar-refractivity contribution in [1.82, 2.24) is 15.8 Å². The maximum absolute atomic E-state index is 12.3. The summed E-state index contributed by atoms with van der Waals surface area (Å²) < 4.78 is 5.17. The molecular weight excluding hydrogens is 302 g/mol. The largest absolute Gasteiger partial charge is 0.495 e. The molecule has 0 aliphatic carbocycles. The number of ether oxygens (including phenoxy) is 1. The van der Waals surface area contributed by atoms with E-state index in [9.17, 15) is 4.79 Å². The van der Waals surface area contributed by atoms with Crippen molar-refractivity contribution in [3.05, 3.63) is 39.1 Å². The van der Waals surface area contributed by atoms with Crippen molar-refractivity contribution in [1.29, 1.82) is 0 Å². The molecule has 2 rings (SSSR count). The van der Waals surface area contributed by atoms with E-state index in [-0.39, 0.29) is 17.1 Å². The van der Waals surface area contributed by atoms with Gasteiger partial charge in [-0.3, -0.25) is 10.2 Å². The molecule has 0 aliphatic heterocycles. The van der Waals surface area contributed by atoms with Gasteiger partial charge >= 0.3 is 0 Å². The first-order valence-electron chi connectivity index (χ1n) is 7.14. The van der Waals surface area contributed by atoms with Crippen molar-refractivity contribution in [2.75, 3.05) is 7.11 Å². The molecule has 0 bridgehead atoms. The molecule has 0 fully saturated rings. The molecule has 0 aliphatic rings. The van der Waals surface area contributed by atoms with Crippen molar-refractivity contribution >= 4 is 22.5 Å². The summed E-state index contributed by atoms with van der Waals surface area (Å²) >= 11 is 6.15. The van der Waals surface area contributed by atoms with Crippen LogP contribution >= 0.6 is 11.6 Å². The zero-order chi connectivity index (χ0) is 16.5. The van der Waals surface area contributed by atoms with Crippen molar-refractivity contribution in [3.8, 4) is 5.75 Å². The van der Waals surface area contributed by atoms with Crippen LogP contribution in [0.15, 0.2) is 23.0 Å². The number of halogens is 1. The number of hydrogen-bond acceptors (Lipinski definition) is 4. The Hall–Kier alpha value is -1.56. The van der Waals surface area contributed by atoms with Gasteiger partial charge in [0.1, 0.15) is 5.75 Å². The highest BCUT2D eigenvalue weighted by Gasteiger charge is 2.15. The summed E-state index contributed by atoms with van der Waals surface area (Å²) in [6.45, 7) is 8.07. The Balaban J connectivity index is 2.39. The highest BCUT2D eigenvalue weighted by molar-refractivity contribution is 6.32. The Labute approximate surface area is 135 Å². The summed E-state index contributed by atoms with van der Waals surface area (Å²) in [5, 5.41) is 1.38. The van der Waals surface area contributed by atoms with E-state index in [2.05, 4.69) is 15.8 Å². The van der Waals surface area contributed by atoms with E-state index in [1.54, 1.807) is 19.2 Å². The zero-order valence-electron chi connectivity index (χ0n) is 13.5. The van der Waals surface area contributed by atoms with Crippen molar-refractivity contribution in [2.45, 2.75) is 39.3 Å². The van der Waals surface area contributed by atoms with Gasteiger partial charge in [0.2, 0.25) is 0 Å². The fraction of sp³-hybridized carbons (Fsp3) is 0.438. The number of hydrogen-bond donors (Lipinski definition) is 3. The second-order valence-electron chi connectivity index (χ2n) is 6.37. The smallest absolute Gasteiger partial charge is 0.253 e. The summed E-state index contributed by atoms with van der Waals surface area (Å²) in [6, 6.07) is 5.22. The van der Waals surface area contributed by atoms with Crippen LogP contribution in [-0.4, -0.2) is 17.6 Å². The summed E-state index contributed by atoms with van der Waals surface area (Å²) in [5.74, 6) is 0.540. The number of methoxy groups -OCH3 is 1. The number of aromatic nitrogens is 1. The maximum Gasteiger partial charge on any atom is 0.253 e. The molecule has 0 amide bonds. The molecule has 1 atom stereocenters. The average Bonchev–Trinajstić information content (AvgIpc) is 2.43. The van der Waals surface area contributed by atoms with E-state index in [0.29, 0.717) is 21.9 Å². The third kappa shape index (κ3) is 3.80. The van der Waals surface area contributed by atoms with Crippen LogP contribution in [0.2, 0.25) is 5.02 Å². The van der Waals surface area contributed by atoms with Gasteiger partial charge in [0.05, 0.1) is 17.6 Å². The summed E-state index contributed by atoms with van der Waals surface area (Å²) in [5.41, 5.74) is 7.45. The third-order valence-corrected chi connectivity index (χ3v) is 3.57. The number of aromatic amines is 1. The third-order valence-electron chi connectivity index (χ3n) is 3.28. The quantitative estimate of drug-likeness (QED) is 0.756. The lowest BCUT2D eigenvalue weighted by atomic mass is 10.1. The van der Waals surface area contributed by atoms with Gasteiger partial charge in [0, 0.05) is 28.6 Å². The minimum absolute atomic E-state index is 0.0887. The van der Waals surface area contributed by atoms with Crippen LogP contribution in [0.4, 0.5) is 0 Å². The molecular formula is C16H22ClN3O2. The lowest BCUT2D eigenvalue weighted by Gasteiger charge is -2.24. The van der Waals surface area contributed by atoms with Gasteiger partial charge in [-0.1, -0.05) is 11.6 Å². The molecule has 6 heteroatoms. The molecule has 120 valence electrons. The number of nitrogens with one attached hydrogen (secondary N) is 3. The Kier molecular flexibility index (Phi) is 4.80. The fourth-order valence-corrected chi connectivity index (χ4v) is 2.35. The molecule has 5 nitrogen and oxygen atoms in total. The molecule has 1 unspecified atom stereocenters. The Morgan fingerprint density at radius 3 is 2.55 bits per heavy atom. The number of fused-ring (bicyclic) bond motifs is 1. The maximum atomic E-state index is 12.3. The Bertz CT molecular complexity index is 734. The standard InChI is InChI=1S/C16H22ClN3O2/c1-9(19-20-16(2,3)4)11-6-10-7-12(17)14(22-5)8-13(10)18-15(11)21/h6-9,19-20H,1-5H3,(H,18,21). The van der Waals surface area contributed by atoms with Crippen LogP contribution in [0.3, 0.4) is 0 Å². The Morgan fingerprint density at radius 1 is 1.27 bits per heavy atom. The van der Waals surface area contributed by atoms with E-state index in [4.69, 9.17) is 16.3 Å². The van der Waals surface area contributed by atoms with E-state index in [1.165, 1.54) is 0 Å². The molecule has 2 aromatic rings. The van der Waals surface area contributed by atoms with Crippen LogP contribution in [0.5, 0.6) is 5.75 Å². The lowest BCUT2D eigenvalue weighted by Crippen LogP contribution is -2.47. The number of benzene rings is 1. The van der Waals surface area contributed by atoms with E-state index >= 15 is 0 Å². The second kappa shape index (κ2) is 6.28. The minimum Gasteiger partial charge on any atom is -0.495 e. The van der Waals surface area contributed by atoms with Crippen LogP contribution in [0.1, 0.15) is 39.3 Å². The predicted octanol–water partition coefficient (Wildman–Crippen LogP) is 3.14. The van der Waals surface area contributed by atoms with Crippen molar-refractivity contribution in [2.24, 2.45) is 0 Å². The van der Waals surface area contributed by atoms with Gasteiger partial charge in [-0.15, -0.1) is 0 Å². The first-order valence-corrected chi connectivity index (χ1v) is 7.52. The molecule has 0 spiro atoms. The number of hydrazine groups is 1. The second-order valence-corrected chi connectivity index (χ2v) is 6.78. The van der Waals surface area contributed by atoms with Gasteiger partial charge in [0.15, 0.2) is 0 Å². The van der Waals surface area contributed by atoms with E-state index < -0.39 is 0 Å². The van der Waals surface area contributed by atoms with Gasteiger partial charge in [0.25, 0.3) is 5.56 Å². The highest BCUT2D eigenvalue weighted by atomic mass is 35.5. The number of pyridine rings is 1. The topological polar surface area (TPSA) is 66.2 Å². The molecule has 1 aromatic heterocycles. The number of rotatable bonds is 4. The molecule has 22 heavy (non-hydrogen) atoms. The highest BCUT2D eigenvalue weighted by Crippen LogP contribution is 2.29. The molecule has 3 N–H and O–H groups in total. The summed E-state index contributed by atoms with van der Waals surface area (Å²) in [6.07, 6.45) is 0. The fourth-order valence-electron chi connectivity index (χ4n) is 2.10. The van der Waals surface area contributed by atoms with Crippen LogP contribution in [0.25, 0.3) is 10.9 Å². The zero-order valence-corrected chi connectivity index (χ0v) is 14.3. The molecule has 0 radical (unpaired) electrons. The predicted molar refractivity (Wildman–Crippen MR) is 90.6 cm³/mol. The van der Waals surface area contributed by atoms with Gasteiger partial charge in [-0.25, -0.2) is 5.43 Å². The SMILES string of the molecule is COc1cc2[nH]c(=O)c(C(C)NNC(C)(C)C)cc2cc1Cl. The van der Waals surface area contributed by atoms with Crippen LogP contribution < -0.4 is 21.1 Å². The average molecular weight is 324 g/mol. The molecule has 0 saturated carbocycles. The first-order chi connectivity index (χ1) is 10.2. The Morgan fingerprint density at radius 2 is 1.95 bits per heavy atom. The summed E-state index contributed by atoms with van der Waals surface area (Å²) in [7, 11) is 1.55. The lowest BCUT2D eigenvalue weighted by molar-refractivity contribution is 0.327. The van der Waals surface area contributed by atoms with Gasteiger partial charge < -0.3 is 9.72 Å². The first kappa shape index (κ1) is 16.8. The van der Waals surface area contributed by atoms with Crippen LogP contribution in [0, 0.1) is 0 Å². The van der Waals surface area contributed by atoms with Crippen LogP contribution in [-0.2, 0) is 0 Å². The van der Waals surface area contributed by atoms with Crippen molar-refractivity contribution < 1.29 is 4.74 Å². The minimum atomic E-state index is -0.145. The molecule has 1 aromatic carbocycles. The van der Waals surface area contributed by atoms with E-state index in [0.717, 1.165) is 5.39 Å². The monoisotopic (exact) mass is 323 g/mol. The van der Waals surface area contributed by atoms with Gasteiger partial charge in [-0.2, -0.15) is 0 Å². The molecule has 1 heterocycles.